The minimum atomic E-state index is -3.27. The molecule has 0 bridgehead atoms. The summed E-state index contributed by atoms with van der Waals surface area (Å²) in [5.74, 6) is 0.842. The highest BCUT2D eigenvalue weighted by Gasteiger charge is 2.53. The number of ether oxygens (including phenoxy) is 4. The van der Waals surface area contributed by atoms with Crippen LogP contribution in [0.3, 0.4) is 0 Å². The van der Waals surface area contributed by atoms with Gasteiger partial charge in [-0.25, -0.2) is 14.4 Å². The Morgan fingerprint density at radius 1 is 0.887 bits per heavy atom. The number of benzene rings is 4. The number of aromatic nitrogens is 5. The zero-order valence-corrected chi connectivity index (χ0v) is 29.2. The molecule has 1 unspecified atom stereocenters. The van der Waals surface area contributed by atoms with Gasteiger partial charge in [-0.05, 0) is 53.1 Å². The molecule has 16 heteroatoms. The molecule has 4 aromatic carbocycles. The molecule has 6 aromatic rings. The van der Waals surface area contributed by atoms with Gasteiger partial charge in [0.15, 0.2) is 35.5 Å². The Bertz CT molecular complexity index is 2150. The summed E-state index contributed by atoms with van der Waals surface area (Å²) in [4.78, 5) is 31.1. The van der Waals surface area contributed by atoms with Gasteiger partial charge in [-0.15, -0.1) is 14.5 Å². The van der Waals surface area contributed by atoms with Crippen molar-refractivity contribution >= 4 is 31.1 Å². The number of methoxy groups -OCH3 is 2. The maximum atomic E-state index is 16.5. The van der Waals surface area contributed by atoms with Crippen LogP contribution in [0.15, 0.2) is 116 Å². The first kappa shape index (κ1) is 35.7. The van der Waals surface area contributed by atoms with Crippen LogP contribution in [0.5, 0.6) is 11.5 Å². The summed E-state index contributed by atoms with van der Waals surface area (Å²) in [7, 11) is -0.130. The fourth-order valence-electron chi connectivity index (χ4n) is 6.33. The highest BCUT2D eigenvalue weighted by Crippen LogP contribution is 2.44. The van der Waals surface area contributed by atoms with Gasteiger partial charge < -0.3 is 24.3 Å². The lowest BCUT2D eigenvalue weighted by Gasteiger charge is -2.37. The van der Waals surface area contributed by atoms with Gasteiger partial charge in [-0.1, -0.05) is 78.0 Å². The minimum absolute atomic E-state index is 0.0415. The first-order chi connectivity index (χ1) is 25.8. The number of anilines is 1. The maximum absolute atomic E-state index is 16.5. The van der Waals surface area contributed by atoms with E-state index in [1.807, 2.05) is 54.6 Å². The van der Waals surface area contributed by atoms with Gasteiger partial charge in [0.25, 0.3) is 5.91 Å². The van der Waals surface area contributed by atoms with Gasteiger partial charge in [0, 0.05) is 10.1 Å². The fourth-order valence-corrected chi connectivity index (χ4v) is 6.79. The number of rotatable bonds is 13. The van der Waals surface area contributed by atoms with Crippen LogP contribution in [-0.2, 0) is 24.2 Å². The molecular formula is C37H33FN6O8P+. The molecule has 1 aliphatic heterocycles. The Hall–Kier alpha value is -5.70. The number of halogens is 1. The summed E-state index contributed by atoms with van der Waals surface area (Å²) < 4.78 is 58.8. The summed E-state index contributed by atoms with van der Waals surface area (Å²) >= 11 is 0. The molecule has 1 amide bonds. The largest absolute Gasteiger partial charge is 0.695 e. The zero-order valence-electron chi connectivity index (χ0n) is 28.4. The predicted molar refractivity (Wildman–Crippen MR) is 189 cm³/mol. The van der Waals surface area contributed by atoms with Crippen LogP contribution in [-0.4, -0.2) is 75.0 Å². The highest BCUT2D eigenvalue weighted by molar-refractivity contribution is 7.32. The number of carbonyl (C=O) groups is 1. The molecule has 5 atom stereocenters. The van der Waals surface area contributed by atoms with Crippen molar-refractivity contribution in [2.75, 3.05) is 26.1 Å². The topological polar surface area (TPSA) is 169 Å². The first-order valence-corrected chi connectivity index (χ1v) is 17.5. The van der Waals surface area contributed by atoms with Crippen LogP contribution in [0.2, 0.25) is 0 Å². The molecule has 1 aliphatic rings. The number of amides is 1. The molecule has 0 saturated carbocycles. The minimum Gasteiger partial charge on any atom is -0.497 e. The lowest BCUT2D eigenvalue weighted by molar-refractivity contribution is -0.0937. The van der Waals surface area contributed by atoms with Crippen molar-refractivity contribution in [3.63, 3.8) is 0 Å². The molecular weight excluding hydrogens is 706 g/mol. The van der Waals surface area contributed by atoms with E-state index in [1.165, 1.54) is 6.33 Å². The van der Waals surface area contributed by atoms with Crippen LogP contribution < -0.4 is 14.8 Å². The molecule has 0 aliphatic carbocycles. The second-order valence-electron chi connectivity index (χ2n) is 11.9. The Labute approximate surface area is 303 Å². The fraction of sp³-hybridized carbons (Fsp3) is 0.216. The van der Waals surface area contributed by atoms with Gasteiger partial charge in [-0.3, -0.25) is 4.79 Å². The molecule has 2 aromatic heterocycles. The molecule has 1 saturated heterocycles. The zero-order chi connectivity index (χ0) is 37.0. The van der Waals surface area contributed by atoms with Gasteiger partial charge in [0.1, 0.15) is 29.5 Å². The average Bonchev–Trinajstić information content (AvgIpc) is 3.76. The number of hydrogen-bond donors (Lipinski definition) is 2. The average molecular weight is 740 g/mol. The molecule has 270 valence electrons. The molecule has 2 N–H and O–H groups in total. The number of fused-ring (bicyclic) bond motifs is 1. The monoisotopic (exact) mass is 739 g/mol. The molecule has 0 spiro atoms. The number of carbonyl (C=O) groups excluding carboxylic acids is 1. The Morgan fingerprint density at radius 3 is 2.06 bits per heavy atom. The molecule has 14 nitrogen and oxygen atoms in total. The molecule has 7 rings (SSSR count). The van der Waals surface area contributed by atoms with Crippen molar-refractivity contribution in [3.8, 4) is 11.5 Å². The van der Waals surface area contributed by atoms with Crippen molar-refractivity contribution in [2.24, 2.45) is 0 Å². The maximum Gasteiger partial charge on any atom is 0.695 e. The van der Waals surface area contributed by atoms with Crippen LogP contribution in [0.25, 0.3) is 11.2 Å². The standard InChI is InChI=1S/C37H32FN6O8P/c1-48-27-17-13-25(14-18-27)37(24-11-7-4-8-12-24,26-15-19-28(49-2)20-16-26)50-21-29-32(52-53(46)47)30(38)36(51-29)44-34-31(42-43-44)33(39-22-40-34)41-35(45)23-9-5-3-6-10-23/h3-20,22,29-30,32,36H,21H2,1-2H3,(H-,39,40,41,43,45,46,47)/p+1/t29-,30+,32-,36-/m1/s1. The number of nitrogens with zero attached hydrogens (tertiary/aromatic N) is 5. The third kappa shape index (κ3) is 7.08. The summed E-state index contributed by atoms with van der Waals surface area (Å²) in [6, 6.07) is 32.6. The van der Waals surface area contributed by atoms with Gasteiger partial charge in [0.05, 0.1) is 20.8 Å². The van der Waals surface area contributed by atoms with Crippen LogP contribution in [0.4, 0.5) is 10.2 Å². The van der Waals surface area contributed by atoms with E-state index in [1.54, 1.807) is 68.8 Å². The lowest BCUT2D eigenvalue weighted by atomic mass is 9.80. The van der Waals surface area contributed by atoms with E-state index in [0.717, 1.165) is 10.2 Å². The number of hydrogen-bond acceptors (Lipinski definition) is 11. The predicted octanol–water partition coefficient (Wildman–Crippen LogP) is 5.77. The highest BCUT2D eigenvalue weighted by atomic mass is 31.1. The Balaban J connectivity index is 1.24. The second kappa shape index (κ2) is 15.5. The van der Waals surface area contributed by atoms with Crippen molar-refractivity contribution in [2.45, 2.75) is 30.2 Å². The van der Waals surface area contributed by atoms with E-state index >= 15 is 4.39 Å². The van der Waals surface area contributed by atoms with Crippen molar-refractivity contribution in [1.82, 2.24) is 25.0 Å². The third-order valence-electron chi connectivity index (χ3n) is 8.89. The normalized spacial score (nSPS) is 18.8. The van der Waals surface area contributed by atoms with Crippen molar-refractivity contribution in [1.29, 1.82) is 0 Å². The summed E-state index contributed by atoms with van der Waals surface area (Å²) in [6.07, 6.45) is -5.20. The van der Waals surface area contributed by atoms with Crippen LogP contribution in [0.1, 0.15) is 33.3 Å². The SMILES string of the molecule is COc1ccc(C(OC[C@H]2O[C@@H](n3nnc4c(NC(=O)c5ccccc5)ncnc43)[C@@H](F)[C@@H]2O[P+](=O)O)(c2ccccc2)c2ccc(OC)cc2)cc1. The third-order valence-corrected chi connectivity index (χ3v) is 9.31. The molecule has 3 heterocycles. The molecule has 1 fully saturated rings. The van der Waals surface area contributed by atoms with E-state index in [9.17, 15) is 14.3 Å². The van der Waals surface area contributed by atoms with Crippen molar-refractivity contribution < 1.29 is 42.1 Å². The molecule has 53 heavy (non-hydrogen) atoms. The number of nitrogens with one attached hydrogen (secondary N) is 1. The first-order valence-electron chi connectivity index (χ1n) is 16.4. The van der Waals surface area contributed by atoms with Gasteiger partial charge >= 0.3 is 8.25 Å². The second-order valence-corrected chi connectivity index (χ2v) is 12.6. The van der Waals surface area contributed by atoms with E-state index < -0.39 is 44.4 Å². The summed E-state index contributed by atoms with van der Waals surface area (Å²) in [5, 5.41) is 10.9. The smallest absolute Gasteiger partial charge is 0.497 e. The van der Waals surface area contributed by atoms with Gasteiger partial charge in [0.2, 0.25) is 0 Å². The Kier molecular flexibility index (Phi) is 10.4. The van der Waals surface area contributed by atoms with Crippen LogP contribution in [0, 0.1) is 0 Å². The quantitative estimate of drug-likeness (QED) is 0.109. The number of alkyl halides is 1. The van der Waals surface area contributed by atoms with Gasteiger partial charge in [-0.2, -0.15) is 4.68 Å². The summed E-state index contributed by atoms with van der Waals surface area (Å²) in [6.45, 7) is -0.322. The molecule has 0 radical (unpaired) electrons. The van der Waals surface area contributed by atoms with E-state index in [-0.39, 0.29) is 23.6 Å². The van der Waals surface area contributed by atoms with E-state index in [4.69, 9.17) is 23.5 Å². The lowest BCUT2D eigenvalue weighted by Crippen LogP contribution is -2.39. The van der Waals surface area contributed by atoms with Crippen LogP contribution >= 0.6 is 8.25 Å². The van der Waals surface area contributed by atoms with E-state index in [0.29, 0.717) is 28.2 Å². The summed E-state index contributed by atoms with van der Waals surface area (Å²) in [5.41, 5.74) is 1.33. The van der Waals surface area contributed by atoms with Crippen molar-refractivity contribution in [3.05, 3.63) is 138 Å². The van der Waals surface area contributed by atoms with E-state index in [2.05, 4.69) is 25.6 Å². The Morgan fingerprint density at radius 2 is 1.47 bits per heavy atom.